The third-order valence-corrected chi connectivity index (χ3v) is 10.8. The van der Waals surface area contributed by atoms with Crippen LogP contribution in [-0.2, 0) is 6.42 Å². The van der Waals surface area contributed by atoms with Gasteiger partial charge in [-0.2, -0.15) is 0 Å². The molecule has 0 aromatic heterocycles. The average Bonchev–Trinajstić information content (AvgIpc) is 3.26. The van der Waals surface area contributed by atoms with Gasteiger partial charge in [-0.1, -0.05) is 164 Å². The molecule has 0 fully saturated rings. The Kier molecular flexibility index (Phi) is 9.19. The van der Waals surface area contributed by atoms with E-state index in [1.165, 1.54) is 77.5 Å². The summed E-state index contributed by atoms with van der Waals surface area (Å²) in [5, 5.41) is 4.94. The zero-order valence-corrected chi connectivity index (χ0v) is 30.5. The molecule has 1 aliphatic carbocycles. The fourth-order valence-corrected chi connectivity index (χ4v) is 8.18. The maximum absolute atomic E-state index is 3.65. The third kappa shape index (κ3) is 6.53. The fourth-order valence-electron chi connectivity index (χ4n) is 8.18. The highest BCUT2D eigenvalue weighted by molar-refractivity contribution is 6.02. The van der Waals surface area contributed by atoms with Crippen molar-refractivity contribution in [1.82, 2.24) is 5.43 Å². The van der Waals surface area contributed by atoms with Crippen LogP contribution < -0.4 is 10.4 Å². The maximum Gasteiger partial charge on any atom is 0.0955 e. The largest absolute Gasteiger partial charge is 0.297 e. The smallest absolute Gasteiger partial charge is 0.0955 e. The number of hydrazine groups is 1. The molecule has 0 saturated heterocycles. The van der Waals surface area contributed by atoms with Crippen LogP contribution in [0.5, 0.6) is 0 Å². The predicted molar refractivity (Wildman–Crippen MR) is 229 cm³/mol. The SMILES string of the molecule is CNN(c1cccc(-c2cccc(-c3ccccc3)c2)c1)C(c1cccc(-c2ccccc2)c1)c1cccc(-c2cc3c(c4ccccc24)C=CCC3)c1. The number of nitrogens with one attached hydrogen (secondary N) is 1. The van der Waals surface area contributed by atoms with Crippen molar-refractivity contribution in [1.29, 1.82) is 0 Å². The number of benzene rings is 8. The van der Waals surface area contributed by atoms with Crippen LogP contribution in [0, 0.1) is 0 Å². The molecule has 0 spiro atoms. The summed E-state index contributed by atoms with van der Waals surface area (Å²) in [5.41, 5.74) is 19.7. The first-order chi connectivity index (χ1) is 26.7. The van der Waals surface area contributed by atoms with Gasteiger partial charge in [0.15, 0.2) is 0 Å². The van der Waals surface area contributed by atoms with Gasteiger partial charge in [0.05, 0.1) is 11.7 Å². The Hall–Kier alpha value is -6.48. The molecule has 1 atom stereocenters. The molecule has 1 aliphatic rings. The summed E-state index contributed by atoms with van der Waals surface area (Å²) in [7, 11) is 2.03. The first kappa shape index (κ1) is 33.4. The Labute approximate surface area is 318 Å². The lowest BCUT2D eigenvalue weighted by Gasteiger charge is -2.34. The highest BCUT2D eigenvalue weighted by Gasteiger charge is 2.25. The van der Waals surface area contributed by atoms with Gasteiger partial charge in [-0.05, 0) is 127 Å². The van der Waals surface area contributed by atoms with E-state index >= 15 is 0 Å². The summed E-state index contributed by atoms with van der Waals surface area (Å²) < 4.78 is 0. The first-order valence-corrected chi connectivity index (χ1v) is 18.9. The topological polar surface area (TPSA) is 15.3 Å². The predicted octanol–water partition coefficient (Wildman–Crippen LogP) is 13.2. The monoisotopic (exact) mass is 694 g/mol. The summed E-state index contributed by atoms with van der Waals surface area (Å²) in [6.07, 6.45) is 6.77. The van der Waals surface area contributed by atoms with E-state index in [1.807, 2.05) is 7.05 Å². The quantitative estimate of drug-likeness (QED) is 0.151. The highest BCUT2D eigenvalue weighted by Crippen LogP contribution is 2.40. The van der Waals surface area contributed by atoms with E-state index in [4.69, 9.17) is 0 Å². The Morgan fingerprint density at radius 2 is 0.981 bits per heavy atom. The van der Waals surface area contributed by atoms with Crippen molar-refractivity contribution in [2.75, 3.05) is 12.1 Å². The molecule has 1 N–H and O–H groups in total. The summed E-state index contributed by atoms with van der Waals surface area (Å²) in [4.78, 5) is 0. The average molecular weight is 695 g/mol. The summed E-state index contributed by atoms with van der Waals surface area (Å²) in [6, 6.07) is 68.4. The molecule has 0 radical (unpaired) electrons. The van der Waals surface area contributed by atoms with Crippen molar-refractivity contribution < 1.29 is 0 Å². The van der Waals surface area contributed by atoms with Crippen LogP contribution in [0.4, 0.5) is 5.69 Å². The molecule has 9 rings (SSSR count). The molecule has 1 unspecified atom stereocenters. The second kappa shape index (κ2) is 14.9. The van der Waals surface area contributed by atoms with Crippen molar-refractivity contribution in [2.24, 2.45) is 0 Å². The zero-order chi connectivity index (χ0) is 36.3. The Balaban J connectivity index is 1.18. The Bertz CT molecular complexity index is 2600. The standard InChI is InChI=1S/C52H42N2/c1-53-54(47-28-15-24-42(35-47)41-23-12-21-39(32-41)37-16-4-2-5-17-37)52(45-26-13-22-40(33-45)38-18-6-3-7-19-38)46-27-14-25-43(34-46)51-36-44-20-8-9-29-48(44)49-30-10-11-31-50(49)51/h2-7,9-19,21-36,52-53H,8,20H2,1H3. The van der Waals surface area contributed by atoms with Crippen molar-refractivity contribution in [2.45, 2.75) is 18.9 Å². The van der Waals surface area contributed by atoms with E-state index in [2.05, 4.69) is 211 Å². The van der Waals surface area contributed by atoms with Crippen molar-refractivity contribution in [3.8, 4) is 44.5 Å². The summed E-state index contributed by atoms with van der Waals surface area (Å²) >= 11 is 0. The van der Waals surface area contributed by atoms with Crippen LogP contribution in [0.3, 0.4) is 0 Å². The normalized spacial score (nSPS) is 12.7. The molecular weight excluding hydrogens is 653 g/mol. The van der Waals surface area contributed by atoms with Gasteiger partial charge in [0.2, 0.25) is 0 Å². The second-order valence-electron chi connectivity index (χ2n) is 14.1. The van der Waals surface area contributed by atoms with Crippen LogP contribution >= 0.6 is 0 Å². The third-order valence-electron chi connectivity index (χ3n) is 10.8. The van der Waals surface area contributed by atoms with Gasteiger partial charge in [-0.15, -0.1) is 0 Å². The number of hydrogen-bond donors (Lipinski definition) is 1. The number of hydrogen-bond acceptors (Lipinski definition) is 2. The van der Waals surface area contributed by atoms with E-state index in [0.29, 0.717) is 0 Å². The van der Waals surface area contributed by atoms with E-state index in [0.717, 1.165) is 18.5 Å². The number of fused-ring (bicyclic) bond motifs is 3. The van der Waals surface area contributed by atoms with E-state index < -0.39 is 0 Å². The lowest BCUT2D eigenvalue weighted by atomic mass is 9.86. The van der Waals surface area contributed by atoms with Gasteiger partial charge in [0, 0.05) is 7.05 Å². The first-order valence-electron chi connectivity index (χ1n) is 18.9. The minimum absolute atomic E-state index is 0.128. The number of allylic oxidation sites excluding steroid dienone is 1. The van der Waals surface area contributed by atoms with Crippen LogP contribution in [0.1, 0.15) is 34.7 Å². The molecule has 2 nitrogen and oxygen atoms in total. The van der Waals surface area contributed by atoms with Gasteiger partial charge in [0.25, 0.3) is 0 Å². The van der Waals surface area contributed by atoms with Gasteiger partial charge in [-0.25, -0.2) is 5.43 Å². The minimum atomic E-state index is -0.128. The number of rotatable bonds is 9. The molecule has 0 aliphatic heterocycles. The van der Waals surface area contributed by atoms with Crippen LogP contribution in [0.25, 0.3) is 61.4 Å². The van der Waals surface area contributed by atoms with Gasteiger partial charge < -0.3 is 0 Å². The van der Waals surface area contributed by atoms with E-state index in [1.54, 1.807) is 0 Å². The van der Waals surface area contributed by atoms with Crippen molar-refractivity contribution in [3.63, 3.8) is 0 Å². The molecule has 2 heteroatoms. The molecule has 260 valence electrons. The summed E-state index contributed by atoms with van der Waals surface area (Å²) in [5.74, 6) is 0. The fraction of sp³-hybridized carbons (Fsp3) is 0.0769. The maximum atomic E-state index is 3.65. The zero-order valence-electron chi connectivity index (χ0n) is 30.5. The number of anilines is 1. The molecule has 0 heterocycles. The Morgan fingerprint density at radius 3 is 1.67 bits per heavy atom. The molecule has 8 aromatic carbocycles. The van der Waals surface area contributed by atoms with E-state index in [9.17, 15) is 0 Å². The second-order valence-corrected chi connectivity index (χ2v) is 14.1. The van der Waals surface area contributed by atoms with Gasteiger partial charge in [0.1, 0.15) is 0 Å². The molecule has 0 amide bonds. The Morgan fingerprint density at radius 1 is 0.463 bits per heavy atom. The minimum Gasteiger partial charge on any atom is -0.297 e. The molecular formula is C52H42N2. The van der Waals surface area contributed by atoms with Crippen LogP contribution in [-0.4, -0.2) is 7.05 Å². The van der Waals surface area contributed by atoms with Crippen molar-refractivity contribution >= 4 is 22.5 Å². The molecule has 8 aromatic rings. The summed E-state index contributed by atoms with van der Waals surface area (Å²) in [6.45, 7) is 0. The molecule has 0 bridgehead atoms. The van der Waals surface area contributed by atoms with Gasteiger partial charge in [-0.3, -0.25) is 5.01 Å². The van der Waals surface area contributed by atoms with Crippen LogP contribution in [0.2, 0.25) is 0 Å². The van der Waals surface area contributed by atoms with Crippen molar-refractivity contribution in [3.05, 3.63) is 216 Å². The highest BCUT2D eigenvalue weighted by atomic mass is 15.5. The van der Waals surface area contributed by atoms with Crippen LogP contribution in [0.15, 0.2) is 194 Å². The molecule has 0 saturated carbocycles. The van der Waals surface area contributed by atoms with E-state index in [-0.39, 0.29) is 6.04 Å². The molecule has 54 heavy (non-hydrogen) atoms. The van der Waals surface area contributed by atoms with Gasteiger partial charge >= 0.3 is 0 Å². The number of nitrogens with zero attached hydrogens (tertiary/aromatic N) is 1. The lowest BCUT2D eigenvalue weighted by Crippen LogP contribution is -2.39. The lowest BCUT2D eigenvalue weighted by molar-refractivity contribution is 0.630. The number of aryl methyl sites for hydroxylation is 1.